The van der Waals surface area contributed by atoms with E-state index in [2.05, 4.69) is 5.32 Å². The van der Waals surface area contributed by atoms with E-state index in [9.17, 15) is 22.6 Å². The van der Waals surface area contributed by atoms with Crippen LogP contribution >= 0.6 is 0 Å². The van der Waals surface area contributed by atoms with E-state index in [0.717, 1.165) is 11.6 Å². The van der Waals surface area contributed by atoms with E-state index in [-0.39, 0.29) is 34.5 Å². The molecule has 1 aliphatic rings. The van der Waals surface area contributed by atoms with Gasteiger partial charge < -0.3 is 11.1 Å². The average molecular weight is 408 g/mol. The minimum absolute atomic E-state index is 0.00506. The molecule has 1 aliphatic carbocycles. The van der Waals surface area contributed by atoms with E-state index in [1.54, 1.807) is 12.1 Å². The van der Waals surface area contributed by atoms with Crippen molar-refractivity contribution in [2.24, 2.45) is 0 Å². The summed E-state index contributed by atoms with van der Waals surface area (Å²) in [5, 5.41) is 3.01. The molecule has 0 aliphatic heterocycles. The van der Waals surface area contributed by atoms with Gasteiger partial charge in [-0.15, -0.1) is 0 Å². The van der Waals surface area contributed by atoms with Crippen LogP contribution in [0.15, 0.2) is 65.6 Å². The molecule has 0 atom stereocenters. The molecule has 0 saturated heterocycles. The smallest absolute Gasteiger partial charge is 0.296 e. The Kier molecular flexibility index (Phi) is 4.45. The number of benzene rings is 3. The maximum absolute atomic E-state index is 13.1. The zero-order chi connectivity index (χ0) is 20.8. The molecule has 8 heteroatoms. The Balaban J connectivity index is 1.93. The first-order valence-electron chi connectivity index (χ1n) is 8.69. The molecule has 0 spiro atoms. The van der Waals surface area contributed by atoms with E-state index in [4.69, 9.17) is 5.73 Å². The summed E-state index contributed by atoms with van der Waals surface area (Å²) in [5.41, 5.74) is 6.60. The summed E-state index contributed by atoms with van der Waals surface area (Å²) >= 11 is 0. The largest absolute Gasteiger partial charge is 0.397 e. The Bertz CT molecular complexity index is 1270. The van der Waals surface area contributed by atoms with Crippen molar-refractivity contribution in [2.45, 2.75) is 11.4 Å². The van der Waals surface area contributed by atoms with Crippen LogP contribution in [-0.4, -0.2) is 24.5 Å². The number of nitrogens with one attached hydrogen (secondary N) is 1. The molecule has 4 rings (SSSR count). The van der Waals surface area contributed by atoms with Crippen LogP contribution in [0.4, 0.5) is 11.4 Å². The highest BCUT2D eigenvalue weighted by Crippen LogP contribution is 2.39. The van der Waals surface area contributed by atoms with Gasteiger partial charge in [-0.3, -0.25) is 14.1 Å². The molecule has 3 aromatic carbocycles. The zero-order valence-corrected chi connectivity index (χ0v) is 15.9. The predicted molar refractivity (Wildman–Crippen MR) is 108 cm³/mol. The van der Waals surface area contributed by atoms with Crippen molar-refractivity contribution in [3.8, 4) is 0 Å². The number of nitrogen functional groups attached to an aromatic ring is 1. The first kappa shape index (κ1) is 18.9. The van der Waals surface area contributed by atoms with Gasteiger partial charge in [0.2, 0.25) is 0 Å². The van der Waals surface area contributed by atoms with Crippen LogP contribution in [0, 0.1) is 0 Å². The molecule has 0 amide bonds. The van der Waals surface area contributed by atoms with Crippen molar-refractivity contribution >= 4 is 33.1 Å². The lowest BCUT2D eigenvalue weighted by atomic mass is 9.82. The monoisotopic (exact) mass is 408 g/mol. The third-order valence-electron chi connectivity index (χ3n) is 4.80. The second kappa shape index (κ2) is 6.84. The standard InChI is InChI=1S/C21H16N2O5S/c22-19-16(29(26,27)28)10-15(23-11-12-6-2-1-3-7-12)17-18(19)21(25)14-9-5-4-8-13(14)20(17)24/h1-10,23H,11,22H2,(H,26,27,28). The van der Waals surface area contributed by atoms with E-state index >= 15 is 0 Å². The van der Waals surface area contributed by atoms with E-state index in [0.29, 0.717) is 0 Å². The zero-order valence-electron chi connectivity index (χ0n) is 15.0. The van der Waals surface area contributed by atoms with Crippen LogP contribution < -0.4 is 11.1 Å². The molecular formula is C21H16N2O5S. The Morgan fingerprint density at radius 3 is 2.00 bits per heavy atom. The fourth-order valence-corrected chi connectivity index (χ4v) is 4.09. The van der Waals surface area contributed by atoms with Crippen LogP contribution in [-0.2, 0) is 16.7 Å². The number of ketones is 2. The van der Waals surface area contributed by atoms with Gasteiger partial charge in [-0.2, -0.15) is 8.42 Å². The van der Waals surface area contributed by atoms with E-state index in [1.807, 2.05) is 30.3 Å². The highest BCUT2D eigenvalue weighted by atomic mass is 32.2. The SMILES string of the molecule is Nc1c(S(=O)(=O)O)cc(NCc2ccccc2)c2c1C(=O)c1ccccc1C2=O. The van der Waals surface area contributed by atoms with Crippen molar-refractivity contribution in [3.05, 3.63) is 88.5 Å². The number of carbonyl (C=O) groups is 2. The predicted octanol–water partition coefficient (Wildman–Crippen LogP) is 2.90. The Labute approximate surface area is 166 Å². The minimum atomic E-state index is -4.72. The number of rotatable bonds is 4. The summed E-state index contributed by atoms with van der Waals surface area (Å²) < 4.78 is 33.3. The second-order valence-electron chi connectivity index (χ2n) is 6.60. The summed E-state index contributed by atoms with van der Waals surface area (Å²) in [4.78, 5) is 25.6. The lowest BCUT2D eigenvalue weighted by molar-refractivity contribution is 0.0980. The molecule has 0 saturated carbocycles. The normalized spacial score (nSPS) is 13.0. The van der Waals surface area contributed by atoms with Crippen LogP contribution in [0.2, 0.25) is 0 Å². The number of hydrogen-bond acceptors (Lipinski definition) is 6. The number of fused-ring (bicyclic) bond motifs is 2. The Morgan fingerprint density at radius 1 is 0.862 bits per heavy atom. The van der Waals surface area contributed by atoms with Crippen LogP contribution in [0.3, 0.4) is 0 Å². The number of anilines is 2. The van der Waals surface area contributed by atoms with Gasteiger partial charge in [0.1, 0.15) is 4.90 Å². The summed E-state index contributed by atoms with van der Waals surface area (Å²) in [7, 11) is -4.72. The van der Waals surface area contributed by atoms with Crippen molar-refractivity contribution in [3.63, 3.8) is 0 Å². The molecule has 0 aromatic heterocycles. The molecule has 0 unspecified atom stereocenters. The Hall–Kier alpha value is -3.49. The van der Waals surface area contributed by atoms with Crippen molar-refractivity contribution in [2.75, 3.05) is 11.1 Å². The molecular weight excluding hydrogens is 392 g/mol. The average Bonchev–Trinajstić information content (AvgIpc) is 2.70. The molecule has 0 bridgehead atoms. The Morgan fingerprint density at radius 2 is 1.41 bits per heavy atom. The molecule has 3 aromatic rings. The highest BCUT2D eigenvalue weighted by Gasteiger charge is 2.36. The van der Waals surface area contributed by atoms with Gasteiger partial charge in [0.05, 0.1) is 16.8 Å². The van der Waals surface area contributed by atoms with Crippen LogP contribution in [0.25, 0.3) is 0 Å². The molecule has 7 nitrogen and oxygen atoms in total. The van der Waals surface area contributed by atoms with E-state index < -0.39 is 32.3 Å². The number of carbonyl (C=O) groups excluding carboxylic acids is 2. The summed E-state index contributed by atoms with van der Waals surface area (Å²) in [5.74, 6) is -1.01. The van der Waals surface area contributed by atoms with Gasteiger partial charge >= 0.3 is 0 Å². The van der Waals surface area contributed by atoms with Crippen molar-refractivity contribution in [1.82, 2.24) is 0 Å². The van der Waals surface area contributed by atoms with Crippen molar-refractivity contribution in [1.29, 1.82) is 0 Å². The highest BCUT2D eigenvalue weighted by molar-refractivity contribution is 7.86. The molecule has 0 fully saturated rings. The maximum atomic E-state index is 13.1. The first-order valence-corrected chi connectivity index (χ1v) is 10.1. The van der Waals surface area contributed by atoms with Gasteiger partial charge in [-0.05, 0) is 11.6 Å². The lowest BCUT2D eigenvalue weighted by Crippen LogP contribution is -2.25. The van der Waals surface area contributed by atoms with Crippen LogP contribution in [0.1, 0.15) is 37.4 Å². The molecule has 146 valence electrons. The van der Waals surface area contributed by atoms with E-state index in [1.165, 1.54) is 12.1 Å². The molecule has 29 heavy (non-hydrogen) atoms. The summed E-state index contributed by atoms with van der Waals surface area (Å²) in [6.07, 6.45) is 0. The molecule has 4 N–H and O–H groups in total. The van der Waals surface area contributed by atoms with Gasteiger partial charge in [-0.1, -0.05) is 54.6 Å². The number of nitrogens with two attached hydrogens (primary N) is 1. The third kappa shape index (κ3) is 3.18. The van der Waals surface area contributed by atoms with Gasteiger partial charge in [0, 0.05) is 23.4 Å². The molecule has 0 heterocycles. The molecule has 0 radical (unpaired) electrons. The fraction of sp³-hybridized carbons (Fsp3) is 0.0476. The van der Waals surface area contributed by atoms with Gasteiger partial charge in [0.15, 0.2) is 11.6 Å². The maximum Gasteiger partial charge on any atom is 0.296 e. The lowest BCUT2D eigenvalue weighted by Gasteiger charge is -2.23. The van der Waals surface area contributed by atoms with Crippen LogP contribution in [0.5, 0.6) is 0 Å². The topological polar surface area (TPSA) is 127 Å². The fourth-order valence-electron chi connectivity index (χ4n) is 3.44. The first-order chi connectivity index (χ1) is 13.8. The van der Waals surface area contributed by atoms with Gasteiger partial charge in [-0.25, -0.2) is 0 Å². The summed E-state index contributed by atoms with van der Waals surface area (Å²) in [6, 6.07) is 16.6. The van der Waals surface area contributed by atoms with Crippen molar-refractivity contribution < 1.29 is 22.6 Å². The second-order valence-corrected chi connectivity index (χ2v) is 7.99. The number of hydrogen-bond donors (Lipinski definition) is 3. The minimum Gasteiger partial charge on any atom is -0.397 e. The summed E-state index contributed by atoms with van der Waals surface area (Å²) in [6.45, 7) is 0.269. The third-order valence-corrected chi connectivity index (χ3v) is 5.70. The van der Waals surface area contributed by atoms with Gasteiger partial charge in [0.25, 0.3) is 10.1 Å². The quantitative estimate of drug-likeness (QED) is 0.350.